The minimum absolute atomic E-state index is 0.0721. The fraction of sp³-hybridized carbons (Fsp3) is 0.206. The molecule has 10 aromatic rings. The van der Waals surface area contributed by atoms with Crippen LogP contribution in [0.2, 0.25) is 0 Å². The third kappa shape index (κ3) is 7.06. The fourth-order valence-corrected chi connectivity index (χ4v) is 11.7. The van der Waals surface area contributed by atoms with Crippen LogP contribution >= 0.6 is 0 Å². The molecule has 70 heavy (non-hydrogen) atoms. The maximum atomic E-state index is 2.50. The zero-order chi connectivity index (χ0) is 48.5. The van der Waals surface area contributed by atoms with Crippen molar-refractivity contribution in [2.24, 2.45) is 0 Å². The minimum Gasteiger partial charge on any atom is -0.310 e. The number of hydrogen-bond donors (Lipinski definition) is 0. The van der Waals surface area contributed by atoms with Crippen molar-refractivity contribution in [3.05, 3.63) is 228 Å². The van der Waals surface area contributed by atoms with E-state index < -0.39 is 0 Å². The molecule has 0 N–H and O–H groups in total. The molecule has 344 valence electrons. The Morgan fingerprint density at radius 2 is 0.586 bits per heavy atom. The van der Waals surface area contributed by atoms with Crippen molar-refractivity contribution in [3.8, 4) is 22.3 Å². The summed E-state index contributed by atoms with van der Waals surface area (Å²) in [6.07, 6.45) is 0. The molecule has 2 nitrogen and oxygen atoms in total. The third-order valence-corrected chi connectivity index (χ3v) is 15.9. The lowest BCUT2D eigenvalue weighted by molar-refractivity contribution is 0.590. The van der Waals surface area contributed by atoms with Crippen LogP contribution in [-0.2, 0) is 21.7 Å². The Kier molecular flexibility index (Phi) is 9.73. The SMILES string of the molecule is CC(C)(C)c1ccc(N(c2ccc3c(c2)C(C)(C)c2cc4cc5c(cc4cc2-3)-c2ccc(N(c3ccc(C(C)(C)C)cc3)c3ccc4ccccc4c3)cc2C5(C)C)c2ccc3ccccc3c2)cc1. The van der Waals surface area contributed by atoms with Crippen LogP contribution in [0.4, 0.5) is 34.1 Å². The van der Waals surface area contributed by atoms with Crippen molar-refractivity contribution in [2.75, 3.05) is 9.80 Å². The van der Waals surface area contributed by atoms with Gasteiger partial charge in [0.1, 0.15) is 0 Å². The highest BCUT2D eigenvalue weighted by atomic mass is 15.1. The molecule has 0 fully saturated rings. The molecular formula is C68H62N2. The van der Waals surface area contributed by atoms with Crippen molar-refractivity contribution in [1.29, 1.82) is 0 Å². The summed E-state index contributed by atoms with van der Waals surface area (Å²) in [5.41, 5.74) is 20.2. The molecule has 0 unspecified atom stereocenters. The van der Waals surface area contributed by atoms with E-state index in [0.29, 0.717) is 0 Å². The monoisotopic (exact) mass is 906 g/mol. The number of fused-ring (bicyclic) bond motifs is 9. The largest absolute Gasteiger partial charge is 0.310 e. The van der Waals surface area contributed by atoms with Gasteiger partial charge in [-0.05, 0) is 196 Å². The van der Waals surface area contributed by atoms with Crippen molar-refractivity contribution in [1.82, 2.24) is 0 Å². The predicted octanol–water partition coefficient (Wildman–Crippen LogP) is 19.3. The molecule has 0 saturated heterocycles. The lowest BCUT2D eigenvalue weighted by Crippen LogP contribution is -2.17. The van der Waals surface area contributed by atoms with Crippen molar-refractivity contribution in [2.45, 2.75) is 90.9 Å². The Morgan fingerprint density at radius 3 is 0.971 bits per heavy atom. The summed E-state index contributed by atoms with van der Waals surface area (Å²) < 4.78 is 0. The average molecular weight is 907 g/mol. The first-order valence-electron chi connectivity index (χ1n) is 25.2. The molecule has 2 aliphatic rings. The molecule has 0 radical (unpaired) electrons. The van der Waals surface area contributed by atoms with Gasteiger partial charge in [0.15, 0.2) is 0 Å². The molecule has 0 amide bonds. The second kappa shape index (κ2) is 15.5. The Morgan fingerprint density at radius 1 is 0.271 bits per heavy atom. The van der Waals surface area contributed by atoms with Crippen molar-refractivity contribution >= 4 is 66.4 Å². The van der Waals surface area contributed by atoms with Gasteiger partial charge in [-0.25, -0.2) is 0 Å². The second-order valence-corrected chi connectivity index (χ2v) is 23.2. The summed E-state index contributed by atoms with van der Waals surface area (Å²) >= 11 is 0. The average Bonchev–Trinajstić information content (AvgIpc) is 3.70. The second-order valence-electron chi connectivity index (χ2n) is 23.2. The van der Waals surface area contributed by atoms with E-state index in [9.17, 15) is 0 Å². The van der Waals surface area contributed by atoms with E-state index in [1.54, 1.807) is 0 Å². The number of nitrogens with zero attached hydrogens (tertiary/aromatic N) is 2. The Labute approximate surface area is 414 Å². The van der Waals surface area contributed by atoms with E-state index in [2.05, 4.69) is 273 Å². The molecule has 0 spiro atoms. The van der Waals surface area contributed by atoms with Gasteiger partial charge in [0.05, 0.1) is 0 Å². The number of hydrogen-bond acceptors (Lipinski definition) is 2. The lowest BCUT2D eigenvalue weighted by atomic mass is 9.80. The van der Waals surface area contributed by atoms with Gasteiger partial charge in [0.2, 0.25) is 0 Å². The highest BCUT2D eigenvalue weighted by Crippen LogP contribution is 2.55. The summed E-state index contributed by atoms with van der Waals surface area (Å²) in [5, 5.41) is 7.55. The fourth-order valence-electron chi connectivity index (χ4n) is 11.7. The normalized spacial score (nSPS) is 14.4. The van der Waals surface area contributed by atoms with Crippen LogP contribution in [0.3, 0.4) is 0 Å². The van der Waals surface area contributed by atoms with Gasteiger partial charge >= 0.3 is 0 Å². The maximum Gasteiger partial charge on any atom is 0.0468 e. The van der Waals surface area contributed by atoms with Gasteiger partial charge in [0.25, 0.3) is 0 Å². The number of anilines is 6. The molecule has 10 aromatic carbocycles. The van der Waals surface area contributed by atoms with Gasteiger partial charge in [-0.15, -0.1) is 0 Å². The van der Waals surface area contributed by atoms with Crippen LogP contribution in [0.15, 0.2) is 194 Å². The summed E-state index contributed by atoms with van der Waals surface area (Å²) in [6, 6.07) is 73.7. The zero-order valence-corrected chi connectivity index (χ0v) is 42.4. The first kappa shape index (κ1) is 43.8. The van der Waals surface area contributed by atoms with Crippen LogP contribution in [0.1, 0.15) is 103 Å². The maximum absolute atomic E-state index is 2.50. The van der Waals surface area contributed by atoms with E-state index in [-0.39, 0.29) is 21.7 Å². The summed E-state index contributed by atoms with van der Waals surface area (Å²) in [5.74, 6) is 0. The molecule has 0 heterocycles. The van der Waals surface area contributed by atoms with Gasteiger partial charge in [-0.3, -0.25) is 0 Å². The quantitative estimate of drug-likeness (QED) is 0.164. The molecular weight excluding hydrogens is 845 g/mol. The highest BCUT2D eigenvalue weighted by molar-refractivity contribution is 6.00. The van der Waals surface area contributed by atoms with E-state index in [1.807, 2.05) is 0 Å². The Bertz CT molecular complexity index is 3480. The standard InChI is InChI=1S/C68H62N2/c1-65(2,3)49-21-27-51(28-22-49)69(53-25-19-43-15-11-13-17-45(43)35-53)55-31-33-57-59-37-47-38-60-58-34-32-56(42-64(58)68(9,10)62(60)40-48(47)39-61(59)67(7,8)63(57)41-55)70(52-29-23-50(24-30-52)66(4,5)6)54-26-20-44-16-12-14-18-46(44)36-54/h11-42H,1-10H3. The van der Waals surface area contributed by atoms with E-state index in [0.717, 1.165) is 22.7 Å². The molecule has 0 aromatic heterocycles. The number of benzene rings is 10. The molecule has 2 aliphatic carbocycles. The lowest BCUT2D eigenvalue weighted by Gasteiger charge is -2.29. The van der Waals surface area contributed by atoms with Crippen molar-refractivity contribution in [3.63, 3.8) is 0 Å². The smallest absolute Gasteiger partial charge is 0.0468 e. The van der Waals surface area contributed by atoms with E-state index in [1.165, 1.54) is 99.3 Å². The summed E-state index contributed by atoms with van der Waals surface area (Å²) in [4.78, 5) is 4.88. The third-order valence-electron chi connectivity index (χ3n) is 15.9. The molecule has 0 bridgehead atoms. The van der Waals surface area contributed by atoms with E-state index >= 15 is 0 Å². The van der Waals surface area contributed by atoms with Gasteiger partial charge in [0, 0.05) is 45.0 Å². The van der Waals surface area contributed by atoms with Crippen LogP contribution in [0.5, 0.6) is 0 Å². The van der Waals surface area contributed by atoms with Crippen LogP contribution in [0, 0.1) is 0 Å². The summed E-state index contributed by atoms with van der Waals surface area (Å²) in [6.45, 7) is 23.4. The van der Waals surface area contributed by atoms with Crippen LogP contribution < -0.4 is 9.80 Å². The Hall–Kier alpha value is -7.42. The first-order valence-corrected chi connectivity index (χ1v) is 25.2. The number of rotatable bonds is 6. The predicted molar refractivity (Wildman–Crippen MR) is 301 cm³/mol. The molecule has 0 saturated carbocycles. The van der Waals surface area contributed by atoms with Crippen molar-refractivity contribution < 1.29 is 0 Å². The zero-order valence-electron chi connectivity index (χ0n) is 42.4. The molecule has 0 atom stereocenters. The molecule has 2 heteroatoms. The first-order chi connectivity index (χ1) is 33.4. The van der Waals surface area contributed by atoms with Crippen LogP contribution in [0.25, 0.3) is 54.6 Å². The van der Waals surface area contributed by atoms with Gasteiger partial charge in [-0.2, -0.15) is 0 Å². The Balaban J connectivity index is 0.946. The van der Waals surface area contributed by atoms with Crippen LogP contribution in [-0.4, -0.2) is 0 Å². The molecule has 12 rings (SSSR count). The topological polar surface area (TPSA) is 6.48 Å². The summed E-state index contributed by atoms with van der Waals surface area (Å²) in [7, 11) is 0. The minimum atomic E-state index is -0.205. The molecule has 0 aliphatic heterocycles. The van der Waals surface area contributed by atoms with Gasteiger partial charge in [-0.1, -0.05) is 166 Å². The highest BCUT2D eigenvalue weighted by Gasteiger charge is 2.39. The van der Waals surface area contributed by atoms with E-state index in [4.69, 9.17) is 0 Å². The van der Waals surface area contributed by atoms with Gasteiger partial charge < -0.3 is 9.80 Å².